The summed E-state index contributed by atoms with van der Waals surface area (Å²) in [7, 11) is 1.08. The van der Waals surface area contributed by atoms with E-state index in [2.05, 4.69) is 9.72 Å². The highest BCUT2D eigenvalue weighted by atomic mass is 19.4. The first-order valence-corrected chi connectivity index (χ1v) is 7.30. The standard InChI is InChI=1S/C17H12F3N3O3/c1-26-16(25)13-14(21)11-3-2-9(17(18,19)20)8-12(11)23(15(13)24)10-4-6-22-7-5-10/h2-8H,21H2,1H3. The van der Waals surface area contributed by atoms with E-state index in [0.29, 0.717) is 0 Å². The second-order valence-electron chi connectivity index (χ2n) is 5.36. The normalized spacial score (nSPS) is 11.5. The van der Waals surface area contributed by atoms with Crippen LogP contribution >= 0.6 is 0 Å². The number of rotatable bonds is 2. The van der Waals surface area contributed by atoms with E-state index in [1.807, 2.05) is 0 Å². The number of ether oxygens (including phenoxy) is 1. The van der Waals surface area contributed by atoms with E-state index in [4.69, 9.17) is 5.73 Å². The average Bonchev–Trinajstić information content (AvgIpc) is 2.61. The molecule has 3 rings (SSSR count). The van der Waals surface area contributed by atoms with Crippen molar-refractivity contribution in [2.75, 3.05) is 12.8 Å². The second-order valence-corrected chi connectivity index (χ2v) is 5.36. The Morgan fingerprint density at radius 3 is 2.42 bits per heavy atom. The molecule has 0 spiro atoms. The largest absolute Gasteiger partial charge is 0.465 e. The Kier molecular flexibility index (Phi) is 4.15. The molecule has 3 aromatic rings. The van der Waals surface area contributed by atoms with Crippen LogP contribution in [0.5, 0.6) is 0 Å². The van der Waals surface area contributed by atoms with Gasteiger partial charge in [0.25, 0.3) is 5.56 Å². The summed E-state index contributed by atoms with van der Waals surface area (Å²) in [4.78, 5) is 28.7. The van der Waals surface area contributed by atoms with Crippen molar-refractivity contribution >= 4 is 22.6 Å². The van der Waals surface area contributed by atoms with E-state index < -0.39 is 28.8 Å². The van der Waals surface area contributed by atoms with Crippen molar-refractivity contribution in [1.82, 2.24) is 9.55 Å². The van der Waals surface area contributed by atoms with Gasteiger partial charge in [0.2, 0.25) is 0 Å². The van der Waals surface area contributed by atoms with E-state index in [9.17, 15) is 22.8 Å². The summed E-state index contributed by atoms with van der Waals surface area (Å²) in [5.41, 5.74) is 3.53. The van der Waals surface area contributed by atoms with Gasteiger partial charge in [0.1, 0.15) is 5.56 Å². The zero-order chi connectivity index (χ0) is 19.1. The van der Waals surface area contributed by atoms with Gasteiger partial charge in [-0.1, -0.05) is 6.07 Å². The average molecular weight is 363 g/mol. The molecule has 2 N–H and O–H groups in total. The SMILES string of the molecule is COC(=O)c1c(N)c2ccc(C(F)(F)F)cc2n(-c2ccncc2)c1=O. The Labute approximate surface area is 144 Å². The minimum absolute atomic E-state index is 0.0822. The summed E-state index contributed by atoms with van der Waals surface area (Å²) < 4.78 is 44.9. The molecule has 0 aliphatic heterocycles. The molecule has 0 unspecified atom stereocenters. The molecule has 26 heavy (non-hydrogen) atoms. The molecule has 0 aliphatic rings. The minimum atomic E-state index is -4.61. The summed E-state index contributed by atoms with van der Waals surface area (Å²) in [6, 6.07) is 5.63. The fourth-order valence-electron chi connectivity index (χ4n) is 2.64. The molecule has 0 saturated heterocycles. The van der Waals surface area contributed by atoms with Gasteiger partial charge in [-0.15, -0.1) is 0 Å². The van der Waals surface area contributed by atoms with E-state index in [1.54, 1.807) is 0 Å². The Balaban J connectivity index is 2.51. The van der Waals surface area contributed by atoms with Gasteiger partial charge in [0.15, 0.2) is 0 Å². The number of alkyl halides is 3. The number of hydrogen-bond donors (Lipinski definition) is 1. The van der Waals surface area contributed by atoms with E-state index in [-0.39, 0.29) is 22.3 Å². The van der Waals surface area contributed by atoms with Crippen molar-refractivity contribution in [2.24, 2.45) is 0 Å². The third kappa shape index (κ3) is 2.77. The molecule has 0 amide bonds. The number of aromatic nitrogens is 2. The number of nitrogens with two attached hydrogens (primary N) is 1. The lowest BCUT2D eigenvalue weighted by Gasteiger charge is -2.16. The third-order valence-electron chi connectivity index (χ3n) is 3.85. The fraction of sp³-hybridized carbons (Fsp3) is 0.118. The van der Waals surface area contributed by atoms with E-state index in [1.165, 1.54) is 24.5 Å². The lowest BCUT2D eigenvalue weighted by molar-refractivity contribution is -0.137. The number of pyridine rings is 2. The highest BCUT2D eigenvalue weighted by Gasteiger charge is 2.32. The maximum absolute atomic E-state index is 13.1. The molecule has 9 heteroatoms. The quantitative estimate of drug-likeness (QED) is 0.708. The summed E-state index contributed by atoms with van der Waals surface area (Å²) >= 11 is 0. The zero-order valence-electron chi connectivity index (χ0n) is 13.4. The van der Waals surface area contributed by atoms with Crippen LogP contribution in [0.3, 0.4) is 0 Å². The van der Waals surface area contributed by atoms with Gasteiger partial charge >= 0.3 is 12.1 Å². The van der Waals surface area contributed by atoms with Crippen molar-refractivity contribution in [3.05, 3.63) is 64.2 Å². The van der Waals surface area contributed by atoms with Crippen molar-refractivity contribution in [3.8, 4) is 5.69 Å². The lowest BCUT2D eigenvalue weighted by Crippen LogP contribution is -2.28. The fourth-order valence-corrected chi connectivity index (χ4v) is 2.64. The van der Waals surface area contributed by atoms with Crippen LogP contribution in [-0.2, 0) is 10.9 Å². The number of halogens is 3. The van der Waals surface area contributed by atoms with Gasteiger partial charge in [-0.3, -0.25) is 14.3 Å². The number of carbonyl (C=O) groups is 1. The number of hydrogen-bond acceptors (Lipinski definition) is 5. The zero-order valence-corrected chi connectivity index (χ0v) is 13.4. The Hall–Kier alpha value is -3.36. The van der Waals surface area contributed by atoms with Gasteiger partial charge in [0, 0.05) is 17.8 Å². The van der Waals surface area contributed by atoms with Gasteiger partial charge in [-0.25, -0.2) is 4.79 Å². The molecule has 1 aromatic carbocycles. The number of carbonyl (C=O) groups excluding carboxylic acids is 1. The lowest BCUT2D eigenvalue weighted by atomic mass is 10.1. The maximum atomic E-state index is 13.1. The molecule has 0 bridgehead atoms. The number of nitrogens with zero attached hydrogens (tertiary/aromatic N) is 2. The van der Waals surface area contributed by atoms with Crippen LogP contribution in [0.15, 0.2) is 47.5 Å². The molecular weight excluding hydrogens is 351 g/mol. The second kappa shape index (κ2) is 6.17. The summed E-state index contributed by atoms with van der Waals surface area (Å²) in [5, 5.41) is 0.120. The third-order valence-corrected chi connectivity index (χ3v) is 3.85. The maximum Gasteiger partial charge on any atom is 0.416 e. The van der Waals surface area contributed by atoms with Crippen LogP contribution in [-0.4, -0.2) is 22.6 Å². The smallest absolute Gasteiger partial charge is 0.416 e. The van der Waals surface area contributed by atoms with Crippen LogP contribution in [0.25, 0.3) is 16.6 Å². The van der Waals surface area contributed by atoms with Crippen LogP contribution in [0.1, 0.15) is 15.9 Å². The first-order chi connectivity index (χ1) is 12.3. The number of methoxy groups -OCH3 is 1. The number of nitrogen functional groups attached to an aromatic ring is 1. The molecule has 6 nitrogen and oxygen atoms in total. The number of fused-ring (bicyclic) bond motifs is 1. The molecule has 134 valence electrons. The predicted octanol–water partition coefficient (Wildman–Crippen LogP) is 2.77. The van der Waals surface area contributed by atoms with Crippen molar-refractivity contribution in [3.63, 3.8) is 0 Å². The minimum Gasteiger partial charge on any atom is -0.465 e. The monoisotopic (exact) mass is 363 g/mol. The van der Waals surface area contributed by atoms with Gasteiger partial charge in [-0.05, 0) is 24.3 Å². The van der Waals surface area contributed by atoms with E-state index >= 15 is 0 Å². The Bertz CT molecular complexity index is 1060. The number of esters is 1. The topological polar surface area (TPSA) is 87.2 Å². The van der Waals surface area contributed by atoms with Crippen LogP contribution in [0.2, 0.25) is 0 Å². The number of benzene rings is 1. The van der Waals surface area contributed by atoms with Crippen LogP contribution in [0.4, 0.5) is 18.9 Å². The van der Waals surface area contributed by atoms with Crippen molar-refractivity contribution < 1.29 is 22.7 Å². The molecule has 0 radical (unpaired) electrons. The predicted molar refractivity (Wildman–Crippen MR) is 88.1 cm³/mol. The Morgan fingerprint density at radius 2 is 1.85 bits per heavy atom. The molecule has 2 aromatic heterocycles. The highest BCUT2D eigenvalue weighted by Crippen LogP contribution is 2.33. The van der Waals surface area contributed by atoms with Crippen LogP contribution < -0.4 is 11.3 Å². The molecule has 0 aliphatic carbocycles. The molecule has 2 heterocycles. The van der Waals surface area contributed by atoms with Gasteiger partial charge in [0.05, 0.1) is 29.6 Å². The van der Waals surface area contributed by atoms with Gasteiger partial charge < -0.3 is 10.5 Å². The van der Waals surface area contributed by atoms with Gasteiger partial charge in [-0.2, -0.15) is 13.2 Å². The highest BCUT2D eigenvalue weighted by molar-refractivity contribution is 6.04. The molecular formula is C17H12F3N3O3. The summed E-state index contributed by atoms with van der Waals surface area (Å²) in [6.07, 6.45) is -1.87. The first kappa shape index (κ1) is 17.5. The first-order valence-electron chi connectivity index (χ1n) is 7.30. The van der Waals surface area contributed by atoms with Crippen molar-refractivity contribution in [1.29, 1.82) is 0 Å². The summed E-state index contributed by atoms with van der Waals surface area (Å²) in [6.45, 7) is 0. The molecule has 0 fully saturated rings. The summed E-state index contributed by atoms with van der Waals surface area (Å²) in [5.74, 6) is -0.975. The van der Waals surface area contributed by atoms with Crippen molar-refractivity contribution in [2.45, 2.75) is 6.18 Å². The molecule has 0 saturated carbocycles. The molecule has 0 atom stereocenters. The van der Waals surface area contributed by atoms with E-state index in [0.717, 1.165) is 29.9 Å². The number of anilines is 1. The van der Waals surface area contributed by atoms with Crippen LogP contribution in [0, 0.1) is 0 Å². The Morgan fingerprint density at radius 1 is 1.19 bits per heavy atom.